The van der Waals surface area contributed by atoms with E-state index < -0.39 is 29.6 Å². The van der Waals surface area contributed by atoms with Gasteiger partial charge < -0.3 is 5.11 Å². The molecule has 2 fully saturated rings. The minimum atomic E-state index is -1.01. The maximum Gasteiger partial charge on any atom is 0.308 e. The van der Waals surface area contributed by atoms with Crippen LogP contribution in [0.2, 0.25) is 0 Å². The summed E-state index contributed by atoms with van der Waals surface area (Å²) < 4.78 is 0. The van der Waals surface area contributed by atoms with Crippen molar-refractivity contribution < 1.29 is 19.5 Å². The van der Waals surface area contributed by atoms with E-state index in [4.69, 9.17) is 0 Å². The van der Waals surface area contributed by atoms with Crippen molar-refractivity contribution in [2.75, 3.05) is 4.90 Å². The van der Waals surface area contributed by atoms with Gasteiger partial charge in [-0.05, 0) is 30.7 Å². The SMILES string of the molecule is O=C(O)[C@@H]1[C@@H]2C(=O)N(c3ccccc3)C(=O)[C@@H]2C[C@@H]1Sc1ccccc1. The lowest BCUT2D eigenvalue weighted by Crippen LogP contribution is -2.37. The third-order valence-electron chi connectivity index (χ3n) is 5.08. The zero-order valence-corrected chi connectivity index (χ0v) is 14.6. The molecule has 1 aliphatic carbocycles. The van der Waals surface area contributed by atoms with E-state index in [1.807, 2.05) is 36.4 Å². The van der Waals surface area contributed by atoms with Crippen molar-refractivity contribution in [2.45, 2.75) is 16.6 Å². The molecule has 6 heteroatoms. The highest BCUT2D eigenvalue weighted by Gasteiger charge is 2.60. The number of hydrogen-bond acceptors (Lipinski definition) is 4. The summed E-state index contributed by atoms with van der Waals surface area (Å²) in [6.07, 6.45) is 0.398. The van der Waals surface area contributed by atoms with E-state index >= 15 is 0 Å². The van der Waals surface area contributed by atoms with Crippen LogP contribution in [0.15, 0.2) is 65.6 Å². The van der Waals surface area contributed by atoms with Crippen LogP contribution in [0, 0.1) is 17.8 Å². The van der Waals surface area contributed by atoms with Crippen molar-refractivity contribution in [3.8, 4) is 0 Å². The molecule has 2 amide bonds. The number of carbonyl (C=O) groups excluding carboxylic acids is 2. The van der Waals surface area contributed by atoms with Gasteiger partial charge >= 0.3 is 5.97 Å². The van der Waals surface area contributed by atoms with Crippen LogP contribution >= 0.6 is 11.8 Å². The van der Waals surface area contributed by atoms with Gasteiger partial charge in [0.2, 0.25) is 11.8 Å². The van der Waals surface area contributed by atoms with Crippen molar-refractivity contribution in [2.24, 2.45) is 17.8 Å². The predicted molar refractivity (Wildman–Crippen MR) is 97.7 cm³/mol. The second-order valence-electron chi connectivity index (χ2n) is 6.55. The molecule has 0 unspecified atom stereocenters. The van der Waals surface area contributed by atoms with Crippen LogP contribution in [0.5, 0.6) is 0 Å². The average Bonchev–Trinajstić information content (AvgIpc) is 3.12. The number of para-hydroxylation sites is 1. The molecule has 1 heterocycles. The van der Waals surface area contributed by atoms with Gasteiger partial charge in [-0.15, -0.1) is 11.8 Å². The summed E-state index contributed by atoms with van der Waals surface area (Å²) in [6, 6.07) is 18.2. The lowest BCUT2D eigenvalue weighted by atomic mass is 9.91. The lowest BCUT2D eigenvalue weighted by Gasteiger charge is -2.22. The number of imide groups is 1. The summed E-state index contributed by atoms with van der Waals surface area (Å²) in [5.74, 6) is -3.91. The van der Waals surface area contributed by atoms with Crippen LogP contribution in [0.25, 0.3) is 0 Å². The fraction of sp³-hybridized carbons (Fsp3) is 0.250. The second kappa shape index (κ2) is 6.61. The van der Waals surface area contributed by atoms with Gasteiger partial charge in [-0.1, -0.05) is 36.4 Å². The van der Waals surface area contributed by atoms with Crippen molar-refractivity contribution >= 4 is 35.2 Å². The molecule has 0 spiro atoms. The molecule has 2 aromatic carbocycles. The van der Waals surface area contributed by atoms with E-state index in [0.717, 1.165) is 9.80 Å². The zero-order chi connectivity index (χ0) is 18.3. The Balaban J connectivity index is 1.64. The second-order valence-corrected chi connectivity index (χ2v) is 7.86. The number of carboxylic acid groups (broad SMARTS) is 1. The first-order valence-electron chi connectivity index (χ1n) is 8.45. The molecule has 2 aromatic rings. The van der Waals surface area contributed by atoms with Crippen LogP contribution < -0.4 is 4.90 Å². The molecule has 0 radical (unpaired) electrons. The Labute approximate surface area is 155 Å². The van der Waals surface area contributed by atoms with Crippen molar-refractivity contribution in [1.82, 2.24) is 0 Å². The molecule has 0 bridgehead atoms. The van der Waals surface area contributed by atoms with Crippen LogP contribution in [-0.4, -0.2) is 28.1 Å². The largest absolute Gasteiger partial charge is 0.481 e. The van der Waals surface area contributed by atoms with Gasteiger partial charge in [-0.3, -0.25) is 19.3 Å². The van der Waals surface area contributed by atoms with E-state index in [1.54, 1.807) is 24.3 Å². The highest BCUT2D eigenvalue weighted by molar-refractivity contribution is 8.00. The van der Waals surface area contributed by atoms with Crippen LogP contribution in [0.4, 0.5) is 5.69 Å². The average molecular weight is 367 g/mol. The summed E-state index contributed by atoms with van der Waals surface area (Å²) in [4.78, 5) is 39.9. The summed E-state index contributed by atoms with van der Waals surface area (Å²) in [7, 11) is 0. The first-order valence-corrected chi connectivity index (χ1v) is 9.33. The minimum Gasteiger partial charge on any atom is -0.481 e. The van der Waals surface area contributed by atoms with Gasteiger partial charge in [-0.2, -0.15) is 0 Å². The Kier molecular flexibility index (Phi) is 4.28. The summed E-state index contributed by atoms with van der Waals surface area (Å²) in [6.45, 7) is 0. The lowest BCUT2D eigenvalue weighted by molar-refractivity contribution is -0.145. The molecule has 1 saturated carbocycles. The van der Waals surface area contributed by atoms with Crippen LogP contribution in [0.1, 0.15) is 6.42 Å². The third kappa shape index (κ3) is 2.70. The Morgan fingerprint density at radius 3 is 2.19 bits per heavy atom. The molecule has 132 valence electrons. The number of carboxylic acids is 1. The van der Waals surface area contributed by atoms with Crippen LogP contribution in [0.3, 0.4) is 0 Å². The molecule has 2 aliphatic rings. The van der Waals surface area contributed by atoms with Crippen molar-refractivity contribution in [3.63, 3.8) is 0 Å². The van der Waals surface area contributed by atoms with Gasteiger partial charge in [0.05, 0.1) is 23.4 Å². The van der Waals surface area contributed by atoms with Gasteiger partial charge in [0.15, 0.2) is 0 Å². The number of hydrogen-bond donors (Lipinski definition) is 1. The van der Waals surface area contributed by atoms with Crippen LogP contribution in [-0.2, 0) is 14.4 Å². The number of benzene rings is 2. The number of rotatable bonds is 4. The zero-order valence-electron chi connectivity index (χ0n) is 13.8. The van der Waals surface area contributed by atoms with Gasteiger partial charge in [-0.25, -0.2) is 0 Å². The minimum absolute atomic E-state index is 0.284. The molecule has 1 aliphatic heterocycles. The first-order chi connectivity index (χ1) is 12.6. The Morgan fingerprint density at radius 1 is 0.962 bits per heavy atom. The topological polar surface area (TPSA) is 74.7 Å². The Morgan fingerprint density at radius 2 is 1.58 bits per heavy atom. The van der Waals surface area contributed by atoms with E-state index in [-0.39, 0.29) is 11.2 Å². The van der Waals surface area contributed by atoms with Crippen molar-refractivity contribution in [3.05, 3.63) is 60.7 Å². The highest BCUT2D eigenvalue weighted by Crippen LogP contribution is 2.50. The van der Waals surface area contributed by atoms with E-state index in [0.29, 0.717) is 12.1 Å². The molecular formula is C20H17NO4S. The number of nitrogens with zero attached hydrogens (tertiary/aromatic N) is 1. The van der Waals surface area contributed by atoms with E-state index in [9.17, 15) is 19.5 Å². The summed E-state index contributed by atoms with van der Waals surface area (Å²) in [5.41, 5.74) is 0.508. The fourth-order valence-electron chi connectivity index (χ4n) is 3.97. The number of anilines is 1. The van der Waals surface area contributed by atoms with Gasteiger partial charge in [0, 0.05) is 10.1 Å². The Hall–Kier alpha value is -2.60. The maximum absolute atomic E-state index is 12.9. The maximum atomic E-state index is 12.9. The van der Waals surface area contributed by atoms with Gasteiger partial charge in [0.25, 0.3) is 0 Å². The molecule has 1 N–H and O–H groups in total. The molecular weight excluding hydrogens is 350 g/mol. The number of fused-ring (bicyclic) bond motifs is 1. The Bertz CT molecular complexity index is 855. The highest BCUT2D eigenvalue weighted by atomic mass is 32.2. The first kappa shape index (κ1) is 16.8. The molecule has 26 heavy (non-hydrogen) atoms. The van der Waals surface area contributed by atoms with Crippen molar-refractivity contribution in [1.29, 1.82) is 0 Å². The smallest absolute Gasteiger partial charge is 0.308 e. The molecule has 1 saturated heterocycles. The standard InChI is InChI=1S/C20H17NO4S/c22-18-14-11-15(26-13-9-5-2-6-10-13)17(20(24)25)16(14)19(23)21(18)12-7-3-1-4-8-12/h1-10,14-17H,11H2,(H,24,25)/t14-,15+,16-,17+/m1/s1. The number of aliphatic carboxylic acids is 1. The molecule has 5 nitrogen and oxygen atoms in total. The molecule has 4 rings (SSSR count). The summed E-state index contributed by atoms with van der Waals surface area (Å²) in [5, 5.41) is 9.48. The molecule has 0 aromatic heterocycles. The number of thioether (sulfide) groups is 1. The number of carbonyl (C=O) groups is 3. The third-order valence-corrected chi connectivity index (χ3v) is 6.41. The monoisotopic (exact) mass is 367 g/mol. The normalized spacial score (nSPS) is 27.6. The molecule has 4 atom stereocenters. The van der Waals surface area contributed by atoms with E-state index in [1.165, 1.54) is 11.8 Å². The predicted octanol–water partition coefficient (Wildman–Crippen LogP) is 3.06. The fourth-order valence-corrected chi connectivity index (χ4v) is 5.37. The summed E-state index contributed by atoms with van der Waals surface area (Å²) >= 11 is 1.44. The van der Waals surface area contributed by atoms with E-state index in [2.05, 4.69) is 0 Å². The van der Waals surface area contributed by atoms with Gasteiger partial charge in [0.1, 0.15) is 0 Å². The quantitative estimate of drug-likeness (QED) is 0.841. The number of amides is 2.